The lowest BCUT2D eigenvalue weighted by Crippen LogP contribution is -2.30. The summed E-state index contributed by atoms with van der Waals surface area (Å²) in [6.45, 7) is 11.8. The summed E-state index contributed by atoms with van der Waals surface area (Å²) in [4.78, 5) is 4.35. The maximum absolute atomic E-state index is 4.35. The van der Waals surface area contributed by atoms with Gasteiger partial charge in [0.05, 0.1) is 12.0 Å². The third kappa shape index (κ3) is 3.06. The lowest BCUT2D eigenvalue weighted by molar-refractivity contribution is 0.421. The van der Waals surface area contributed by atoms with Gasteiger partial charge in [0.2, 0.25) is 0 Å². The molecule has 0 aliphatic rings. The van der Waals surface area contributed by atoms with E-state index < -0.39 is 0 Å². The molecule has 0 aliphatic carbocycles. The molecule has 0 saturated heterocycles. The van der Waals surface area contributed by atoms with Crippen LogP contribution in [-0.4, -0.2) is 22.1 Å². The van der Waals surface area contributed by atoms with Gasteiger partial charge >= 0.3 is 0 Å². The minimum atomic E-state index is 0.522. The number of hydrogen-bond donors (Lipinski definition) is 1. The van der Waals surface area contributed by atoms with Gasteiger partial charge in [0.25, 0.3) is 0 Å². The van der Waals surface area contributed by atoms with Crippen LogP contribution < -0.4 is 5.32 Å². The summed E-state index contributed by atoms with van der Waals surface area (Å²) in [6.07, 6.45) is 3.09. The standard InChI is InChI=1S/C12H23N3/c1-6-12(7-13-9(2)3)15-8-14-10(4)11(15)5/h8-9,12-13H,6-7H2,1-5H3. The van der Waals surface area contributed by atoms with Crippen molar-refractivity contribution < 1.29 is 0 Å². The fourth-order valence-electron chi connectivity index (χ4n) is 1.69. The van der Waals surface area contributed by atoms with Crippen LogP contribution in [0.15, 0.2) is 6.33 Å². The first kappa shape index (κ1) is 12.2. The normalized spacial score (nSPS) is 13.5. The van der Waals surface area contributed by atoms with E-state index in [9.17, 15) is 0 Å². The second kappa shape index (κ2) is 5.31. The zero-order chi connectivity index (χ0) is 11.4. The highest BCUT2D eigenvalue weighted by Crippen LogP contribution is 2.15. The van der Waals surface area contributed by atoms with Crippen molar-refractivity contribution >= 4 is 0 Å². The van der Waals surface area contributed by atoms with E-state index in [2.05, 4.69) is 49.5 Å². The van der Waals surface area contributed by atoms with Crippen molar-refractivity contribution in [1.82, 2.24) is 14.9 Å². The van der Waals surface area contributed by atoms with Crippen LogP contribution in [0.4, 0.5) is 0 Å². The van der Waals surface area contributed by atoms with Crippen LogP contribution in [0.5, 0.6) is 0 Å². The predicted octanol–water partition coefficient (Wildman–Crippen LogP) is 2.45. The maximum atomic E-state index is 4.35. The van der Waals surface area contributed by atoms with Crippen molar-refractivity contribution in [2.75, 3.05) is 6.54 Å². The second-order valence-corrected chi connectivity index (χ2v) is 4.45. The Morgan fingerprint density at radius 2 is 2.07 bits per heavy atom. The van der Waals surface area contributed by atoms with Crippen molar-refractivity contribution in [3.8, 4) is 0 Å². The van der Waals surface area contributed by atoms with E-state index in [1.165, 1.54) is 5.69 Å². The van der Waals surface area contributed by atoms with E-state index in [4.69, 9.17) is 0 Å². The lowest BCUT2D eigenvalue weighted by Gasteiger charge is -2.20. The van der Waals surface area contributed by atoms with Crippen molar-refractivity contribution in [2.45, 2.75) is 53.1 Å². The quantitative estimate of drug-likeness (QED) is 0.807. The molecule has 0 fully saturated rings. The average Bonchev–Trinajstić information content (AvgIpc) is 2.50. The molecule has 1 atom stereocenters. The first-order valence-electron chi connectivity index (χ1n) is 5.79. The van der Waals surface area contributed by atoms with Crippen LogP contribution in [0.1, 0.15) is 44.6 Å². The number of imidazole rings is 1. The van der Waals surface area contributed by atoms with Crippen molar-refractivity contribution in [3.05, 3.63) is 17.7 Å². The Hall–Kier alpha value is -0.830. The molecule has 86 valence electrons. The van der Waals surface area contributed by atoms with Crippen molar-refractivity contribution in [3.63, 3.8) is 0 Å². The molecule has 1 N–H and O–H groups in total. The van der Waals surface area contributed by atoms with Gasteiger partial charge in [0.15, 0.2) is 0 Å². The first-order chi connectivity index (χ1) is 7.06. The van der Waals surface area contributed by atoms with Gasteiger partial charge in [-0.2, -0.15) is 0 Å². The van der Waals surface area contributed by atoms with Crippen LogP contribution >= 0.6 is 0 Å². The van der Waals surface area contributed by atoms with E-state index in [1.54, 1.807) is 0 Å². The van der Waals surface area contributed by atoms with E-state index in [0.717, 1.165) is 18.7 Å². The average molecular weight is 209 g/mol. The molecule has 0 amide bonds. The molecular formula is C12H23N3. The van der Waals surface area contributed by atoms with Gasteiger partial charge < -0.3 is 9.88 Å². The Morgan fingerprint density at radius 1 is 1.40 bits per heavy atom. The topological polar surface area (TPSA) is 29.9 Å². The van der Waals surface area contributed by atoms with Gasteiger partial charge in [-0.1, -0.05) is 20.8 Å². The summed E-state index contributed by atoms with van der Waals surface area (Å²) < 4.78 is 2.28. The molecule has 1 rings (SSSR count). The molecule has 1 aromatic rings. The molecule has 0 radical (unpaired) electrons. The molecule has 3 heteroatoms. The Balaban J connectivity index is 2.70. The highest BCUT2D eigenvalue weighted by atomic mass is 15.1. The highest BCUT2D eigenvalue weighted by Gasteiger charge is 2.12. The van der Waals surface area contributed by atoms with Crippen LogP contribution in [0.2, 0.25) is 0 Å². The summed E-state index contributed by atoms with van der Waals surface area (Å²) >= 11 is 0. The zero-order valence-corrected chi connectivity index (χ0v) is 10.5. The monoisotopic (exact) mass is 209 g/mol. The van der Waals surface area contributed by atoms with Crippen molar-refractivity contribution in [2.24, 2.45) is 0 Å². The van der Waals surface area contributed by atoms with Gasteiger partial charge in [-0.3, -0.25) is 0 Å². The number of nitrogens with one attached hydrogen (secondary N) is 1. The smallest absolute Gasteiger partial charge is 0.0954 e. The van der Waals surface area contributed by atoms with Gasteiger partial charge in [-0.25, -0.2) is 4.98 Å². The zero-order valence-electron chi connectivity index (χ0n) is 10.5. The summed E-state index contributed by atoms with van der Waals surface area (Å²) in [7, 11) is 0. The Labute approximate surface area is 92.9 Å². The van der Waals surface area contributed by atoms with Gasteiger partial charge in [0, 0.05) is 24.3 Å². The van der Waals surface area contributed by atoms with Crippen LogP contribution in [0.25, 0.3) is 0 Å². The second-order valence-electron chi connectivity index (χ2n) is 4.45. The van der Waals surface area contributed by atoms with E-state index in [-0.39, 0.29) is 0 Å². The number of rotatable bonds is 5. The fraction of sp³-hybridized carbons (Fsp3) is 0.750. The van der Waals surface area contributed by atoms with Crippen LogP contribution in [0.3, 0.4) is 0 Å². The Kier molecular flexibility index (Phi) is 4.33. The number of aromatic nitrogens is 2. The van der Waals surface area contributed by atoms with Gasteiger partial charge in [-0.15, -0.1) is 0 Å². The number of hydrogen-bond acceptors (Lipinski definition) is 2. The van der Waals surface area contributed by atoms with Crippen LogP contribution in [0, 0.1) is 13.8 Å². The molecule has 3 nitrogen and oxygen atoms in total. The van der Waals surface area contributed by atoms with E-state index >= 15 is 0 Å². The summed E-state index contributed by atoms with van der Waals surface area (Å²) in [5.74, 6) is 0. The number of aryl methyl sites for hydroxylation is 1. The molecule has 0 aliphatic heterocycles. The Bertz CT molecular complexity index is 302. The third-order valence-corrected chi connectivity index (χ3v) is 2.91. The fourth-order valence-corrected chi connectivity index (χ4v) is 1.69. The number of nitrogens with zero attached hydrogens (tertiary/aromatic N) is 2. The minimum Gasteiger partial charge on any atom is -0.330 e. The molecule has 0 aromatic carbocycles. The predicted molar refractivity (Wildman–Crippen MR) is 64.2 cm³/mol. The van der Waals surface area contributed by atoms with Gasteiger partial charge in [0.1, 0.15) is 0 Å². The maximum Gasteiger partial charge on any atom is 0.0954 e. The largest absolute Gasteiger partial charge is 0.330 e. The highest BCUT2D eigenvalue weighted by molar-refractivity contribution is 5.09. The third-order valence-electron chi connectivity index (χ3n) is 2.91. The minimum absolute atomic E-state index is 0.522. The first-order valence-corrected chi connectivity index (χ1v) is 5.79. The summed E-state index contributed by atoms with van der Waals surface area (Å²) in [5.41, 5.74) is 2.42. The summed E-state index contributed by atoms with van der Waals surface area (Å²) in [6, 6.07) is 1.07. The molecular weight excluding hydrogens is 186 g/mol. The SMILES string of the molecule is CCC(CNC(C)C)n1cnc(C)c1C. The van der Waals surface area contributed by atoms with E-state index in [1.807, 2.05) is 6.33 Å². The molecule has 1 heterocycles. The van der Waals surface area contributed by atoms with Gasteiger partial charge in [-0.05, 0) is 20.3 Å². The van der Waals surface area contributed by atoms with Crippen LogP contribution in [-0.2, 0) is 0 Å². The molecule has 0 saturated carbocycles. The molecule has 1 aromatic heterocycles. The van der Waals surface area contributed by atoms with Crippen molar-refractivity contribution in [1.29, 1.82) is 0 Å². The molecule has 0 bridgehead atoms. The summed E-state index contributed by atoms with van der Waals surface area (Å²) in [5, 5.41) is 3.48. The molecule has 0 spiro atoms. The van der Waals surface area contributed by atoms with E-state index in [0.29, 0.717) is 12.1 Å². The Morgan fingerprint density at radius 3 is 2.47 bits per heavy atom. The molecule has 15 heavy (non-hydrogen) atoms. The lowest BCUT2D eigenvalue weighted by atomic mass is 10.2. The molecule has 1 unspecified atom stereocenters.